The van der Waals surface area contributed by atoms with Crippen molar-refractivity contribution in [3.63, 3.8) is 0 Å². The fourth-order valence-electron chi connectivity index (χ4n) is 1.41. The number of likely N-dealkylation sites (N-methyl/N-ethyl adjacent to an activating group) is 1. The van der Waals surface area contributed by atoms with E-state index in [0.29, 0.717) is 11.9 Å². The van der Waals surface area contributed by atoms with Crippen molar-refractivity contribution in [3.05, 3.63) is 5.89 Å². The Kier molecular flexibility index (Phi) is 4.55. The summed E-state index contributed by atoms with van der Waals surface area (Å²) < 4.78 is 5.34. The lowest BCUT2D eigenvalue weighted by molar-refractivity contribution is 0.304. The summed E-state index contributed by atoms with van der Waals surface area (Å²) in [6.45, 7) is 9.87. The van der Waals surface area contributed by atoms with Gasteiger partial charge in [-0.25, -0.2) is 0 Å². The maximum Gasteiger partial charge on any atom is 0.318 e. The fraction of sp³-hybridized carbons (Fsp3) is 0.800. The molecule has 0 radical (unpaired) electrons. The summed E-state index contributed by atoms with van der Waals surface area (Å²) in [4.78, 5) is 4.42. The summed E-state index contributed by atoms with van der Waals surface area (Å²) in [7, 11) is 2.12. The third-order valence-corrected chi connectivity index (χ3v) is 2.29. The van der Waals surface area contributed by atoms with Gasteiger partial charge in [0.1, 0.15) is 0 Å². The van der Waals surface area contributed by atoms with E-state index in [-0.39, 0.29) is 0 Å². The first-order chi connectivity index (χ1) is 7.25. The molecule has 15 heavy (non-hydrogen) atoms. The molecule has 1 aromatic rings. The van der Waals surface area contributed by atoms with E-state index in [9.17, 15) is 0 Å². The zero-order valence-electron chi connectivity index (χ0n) is 10.0. The van der Waals surface area contributed by atoms with E-state index in [1.54, 1.807) is 0 Å². The van der Waals surface area contributed by atoms with E-state index >= 15 is 0 Å². The highest BCUT2D eigenvalue weighted by Crippen LogP contribution is 2.13. The molecule has 5 heteroatoms. The molecular weight excluding hydrogens is 192 g/mol. The number of aryl methyl sites for hydroxylation is 1. The van der Waals surface area contributed by atoms with Gasteiger partial charge in [-0.1, -0.05) is 18.9 Å². The van der Waals surface area contributed by atoms with Crippen LogP contribution in [0.5, 0.6) is 0 Å². The molecule has 5 nitrogen and oxygen atoms in total. The maximum absolute atomic E-state index is 5.34. The van der Waals surface area contributed by atoms with Crippen LogP contribution in [0.3, 0.4) is 0 Å². The third-order valence-electron chi connectivity index (χ3n) is 2.29. The average Bonchev–Trinajstić information content (AvgIpc) is 2.69. The van der Waals surface area contributed by atoms with Crippen LogP contribution in [-0.4, -0.2) is 48.3 Å². The molecule has 0 aromatic carbocycles. The van der Waals surface area contributed by atoms with Crippen LogP contribution in [0.1, 0.15) is 19.7 Å². The standard InChI is InChI=1S/C8H14N4O.C2H6/c1-7-9-10-8(13-7)12-5-3-11(2)4-6-12;1-2/h3-6H2,1-2H3;1-2H3. The summed E-state index contributed by atoms with van der Waals surface area (Å²) in [6.07, 6.45) is 0. The number of aromatic nitrogens is 2. The van der Waals surface area contributed by atoms with Gasteiger partial charge in [0.05, 0.1) is 0 Å². The minimum atomic E-state index is 0.633. The lowest BCUT2D eigenvalue weighted by atomic mass is 10.3. The van der Waals surface area contributed by atoms with Crippen LogP contribution < -0.4 is 4.90 Å². The van der Waals surface area contributed by atoms with Gasteiger partial charge in [-0.05, 0) is 7.05 Å². The fourth-order valence-corrected chi connectivity index (χ4v) is 1.41. The van der Waals surface area contributed by atoms with E-state index < -0.39 is 0 Å². The Hall–Kier alpha value is -1.10. The molecule has 0 spiro atoms. The highest BCUT2D eigenvalue weighted by molar-refractivity contribution is 5.24. The van der Waals surface area contributed by atoms with Crippen molar-refractivity contribution in [2.24, 2.45) is 0 Å². The molecule has 1 aliphatic rings. The van der Waals surface area contributed by atoms with Crippen molar-refractivity contribution < 1.29 is 4.42 Å². The van der Waals surface area contributed by atoms with E-state index in [1.165, 1.54) is 0 Å². The van der Waals surface area contributed by atoms with Crippen molar-refractivity contribution in [2.45, 2.75) is 20.8 Å². The second-order valence-corrected chi connectivity index (χ2v) is 3.39. The van der Waals surface area contributed by atoms with Crippen LogP contribution in [-0.2, 0) is 0 Å². The molecule has 2 rings (SSSR count). The Labute approximate surface area is 91.1 Å². The molecule has 1 fully saturated rings. The monoisotopic (exact) mass is 212 g/mol. The van der Waals surface area contributed by atoms with Crippen molar-refractivity contribution >= 4 is 6.01 Å². The maximum atomic E-state index is 5.34. The third kappa shape index (κ3) is 3.20. The first-order valence-corrected chi connectivity index (χ1v) is 5.49. The molecule has 1 saturated heterocycles. The largest absolute Gasteiger partial charge is 0.408 e. The van der Waals surface area contributed by atoms with Crippen LogP contribution in [0.2, 0.25) is 0 Å². The van der Waals surface area contributed by atoms with Crippen LogP contribution in [0, 0.1) is 6.92 Å². The van der Waals surface area contributed by atoms with Gasteiger partial charge in [0.15, 0.2) is 0 Å². The molecule has 0 N–H and O–H groups in total. The number of piperazine rings is 1. The predicted octanol–water partition coefficient (Wildman–Crippen LogP) is 1.16. The minimum absolute atomic E-state index is 0.633. The van der Waals surface area contributed by atoms with Gasteiger partial charge in [-0.15, -0.1) is 5.10 Å². The number of anilines is 1. The average molecular weight is 212 g/mol. The highest BCUT2D eigenvalue weighted by atomic mass is 16.4. The summed E-state index contributed by atoms with van der Waals surface area (Å²) in [6, 6.07) is 0.658. The molecule has 0 saturated carbocycles. The van der Waals surface area contributed by atoms with E-state index in [1.807, 2.05) is 20.8 Å². The zero-order valence-corrected chi connectivity index (χ0v) is 10.0. The van der Waals surface area contributed by atoms with Crippen LogP contribution in [0.25, 0.3) is 0 Å². The van der Waals surface area contributed by atoms with Gasteiger partial charge >= 0.3 is 6.01 Å². The van der Waals surface area contributed by atoms with Gasteiger partial charge < -0.3 is 14.2 Å². The lowest BCUT2D eigenvalue weighted by Gasteiger charge is -2.30. The van der Waals surface area contributed by atoms with Crippen molar-refractivity contribution in [1.29, 1.82) is 0 Å². The minimum Gasteiger partial charge on any atom is -0.408 e. The van der Waals surface area contributed by atoms with Gasteiger partial charge in [0, 0.05) is 33.1 Å². The molecule has 1 aliphatic heterocycles. The van der Waals surface area contributed by atoms with Crippen LogP contribution in [0.4, 0.5) is 6.01 Å². The Balaban J connectivity index is 0.000000531. The number of hydrogen-bond donors (Lipinski definition) is 0. The molecule has 86 valence electrons. The number of rotatable bonds is 1. The summed E-state index contributed by atoms with van der Waals surface area (Å²) >= 11 is 0. The van der Waals surface area contributed by atoms with Crippen LogP contribution in [0.15, 0.2) is 4.42 Å². The number of hydrogen-bond acceptors (Lipinski definition) is 5. The van der Waals surface area contributed by atoms with Gasteiger partial charge in [0.25, 0.3) is 0 Å². The topological polar surface area (TPSA) is 45.4 Å². The lowest BCUT2D eigenvalue weighted by Crippen LogP contribution is -2.44. The summed E-state index contributed by atoms with van der Waals surface area (Å²) in [5.41, 5.74) is 0. The Morgan fingerprint density at radius 1 is 1.07 bits per heavy atom. The molecular formula is C10H20N4O. The summed E-state index contributed by atoms with van der Waals surface area (Å²) in [5, 5.41) is 7.79. The SMILES string of the molecule is CC.Cc1nnc(N2CCN(C)CC2)o1. The second kappa shape index (κ2) is 5.70. The predicted molar refractivity (Wildman–Crippen MR) is 60.1 cm³/mol. The van der Waals surface area contributed by atoms with Crippen LogP contribution >= 0.6 is 0 Å². The van der Waals surface area contributed by atoms with Crippen molar-refractivity contribution in [2.75, 3.05) is 38.1 Å². The normalized spacial score (nSPS) is 17.2. The van der Waals surface area contributed by atoms with Gasteiger partial charge in [-0.2, -0.15) is 0 Å². The van der Waals surface area contributed by atoms with Crippen molar-refractivity contribution in [1.82, 2.24) is 15.1 Å². The zero-order chi connectivity index (χ0) is 11.3. The first kappa shape index (κ1) is 12.0. The molecule has 0 aliphatic carbocycles. The van der Waals surface area contributed by atoms with E-state index in [2.05, 4.69) is 27.0 Å². The van der Waals surface area contributed by atoms with E-state index in [0.717, 1.165) is 26.2 Å². The molecule has 0 amide bonds. The second-order valence-electron chi connectivity index (χ2n) is 3.39. The Morgan fingerprint density at radius 3 is 2.13 bits per heavy atom. The first-order valence-electron chi connectivity index (χ1n) is 5.49. The molecule has 0 unspecified atom stereocenters. The smallest absolute Gasteiger partial charge is 0.318 e. The van der Waals surface area contributed by atoms with Gasteiger partial charge in [0.2, 0.25) is 5.89 Å². The quantitative estimate of drug-likeness (QED) is 0.699. The molecule has 1 aromatic heterocycles. The highest BCUT2D eigenvalue weighted by Gasteiger charge is 2.18. The van der Waals surface area contributed by atoms with Gasteiger partial charge in [-0.3, -0.25) is 0 Å². The summed E-state index contributed by atoms with van der Waals surface area (Å²) in [5.74, 6) is 0.633. The molecule has 2 heterocycles. The number of nitrogens with zero attached hydrogens (tertiary/aromatic N) is 4. The molecule has 0 bridgehead atoms. The van der Waals surface area contributed by atoms with E-state index in [4.69, 9.17) is 4.42 Å². The Morgan fingerprint density at radius 2 is 1.67 bits per heavy atom. The molecule has 0 atom stereocenters. The van der Waals surface area contributed by atoms with Crippen molar-refractivity contribution in [3.8, 4) is 0 Å². The Bertz CT molecular complexity index is 279.